The summed E-state index contributed by atoms with van der Waals surface area (Å²) < 4.78 is 4.79. The van der Waals surface area contributed by atoms with Crippen molar-refractivity contribution in [1.82, 2.24) is 0 Å². The van der Waals surface area contributed by atoms with Crippen molar-refractivity contribution in [2.75, 3.05) is 19.0 Å². The molecule has 0 amide bonds. The van der Waals surface area contributed by atoms with E-state index in [1.165, 1.54) is 14.0 Å². The topological polar surface area (TPSA) is 55.4 Å². The van der Waals surface area contributed by atoms with Gasteiger partial charge in [-0.3, -0.25) is 9.59 Å². The number of hydrogen-bond acceptors (Lipinski definition) is 4. The number of nitrogens with one attached hydrogen (secondary N) is 1. The zero-order valence-electron chi connectivity index (χ0n) is 10.7. The summed E-state index contributed by atoms with van der Waals surface area (Å²) in [5.74, 6) is -0.120. The number of Topliss-reactive ketones (excluding diaryl/α,β-unsaturated/α-hetero) is 1. The van der Waals surface area contributed by atoms with Crippen LogP contribution in [-0.4, -0.2) is 25.4 Å². The second-order valence-electron chi connectivity index (χ2n) is 4.76. The molecule has 0 aromatic heterocycles. The van der Waals surface area contributed by atoms with Crippen molar-refractivity contribution < 1.29 is 14.3 Å². The number of ketones is 1. The van der Waals surface area contributed by atoms with Crippen LogP contribution in [-0.2, 0) is 9.53 Å². The quantitative estimate of drug-likeness (QED) is 0.640. The number of esters is 1. The molecule has 1 N–H and O–H groups in total. The van der Waals surface area contributed by atoms with Gasteiger partial charge in [0.15, 0.2) is 5.78 Å². The average molecular weight is 247 g/mol. The van der Waals surface area contributed by atoms with Crippen LogP contribution in [0.3, 0.4) is 0 Å². The van der Waals surface area contributed by atoms with Gasteiger partial charge in [0.1, 0.15) is 0 Å². The molecule has 0 unspecified atom stereocenters. The highest BCUT2D eigenvalue weighted by Gasteiger charge is 2.50. The Labute approximate surface area is 106 Å². The minimum absolute atomic E-state index is 0.0350. The Morgan fingerprint density at radius 1 is 1.39 bits per heavy atom. The average Bonchev–Trinajstić information content (AvgIpc) is 3.17. The van der Waals surface area contributed by atoms with Gasteiger partial charge in [-0.2, -0.15) is 0 Å². The standard InChI is InChI=1S/C14H17NO3/c1-10(16)11-4-3-5-12(8-11)15-9-14(6-7-14)13(17)18-2/h3-5,8,15H,6-7,9H2,1-2H3. The molecule has 18 heavy (non-hydrogen) atoms. The Morgan fingerprint density at radius 2 is 2.11 bits per heavy atom. The lowest BCUT2D eigenvalue weighted by Crippen LogP contribution is -2.26. The molecular weight excluding hydrogens is 230 g/mol. The second-order valence-corrected chi connectivity index (χ2v) is 4.76. The minimum atomic E-state index is -0.360. The third-order valence-corrected chi connectivity index (χ3v) is 3.37. The van der Waals surface area contributed by atoms with Crippen LogP contribution >= 0.6 is 0 Å². The summed E-state index contributed by atoms with van der Waals surface area (Å²) in [4.78, 5) is 22.8. The van der Waals surface area contributed by atoms with Gasteiger partial charge in [-0.05, 0) is 31.9 Å². The first-order chi connectivity index (χ1) is 8.57. The van der Waals surface area contributed by atoms with Gasteiger partial charge < -0.3 is 10.1 Å². The molecule has 96 valence electrons. The molecule has 0 radical (unpaired) electrons. The number of carbonyl (C=O) groups is 2. The zero-order valence-corrected chi connectivity index (χ0v) is 10.7. The lowest BCUT2D eigenvalue weighted by molar-refractivity contribution is -0.146. The van der Waals surface area contributed by atoms with E-state index in [4.69, 9.17) is 4.74 Å². The maximum absolute atomic E-state index is 11.6. The number of methoxy groups -OCH3 is 1. The monoisotopic (exact) mass is 247 g/mol. The Bertz CT molecular complexity index is 478. The molecule has 1 aliphatic rings. The molecule has 1 aromatic carbocycles. The van der Waals surface area contributed by atoms with Crippen molar-refractivity contribution in [1.29, 1.82) is 0 Å². The fraction of sp³-hybridized carbons (Fsp3) is 0.429. The molecular formula is C14H17NO3. The molecule has 4 heteroatoms. The Morgan fingerprint density at radius 3 is 2.67 bits per heavy atom. The predicted molar refractivity (Wildman–Crippen MR) is 68.6 cm³/mol. The SMILES string of the molecule is COC(=O)C1(CNc2cccc(C(C)=O)c2)CC1. The van der Waals surface area contributed by atoms with Gasteiger partial charge in [0.25, 0.3) is 0 Å². The van der Waals surface area contributed by atoms with Gasteiger partial charge in [-0.25, -0.2) is 0 Å². The van der Waals surface area contributed by atoms with E-state index in [0.717, 1.165) is 18.5 Å². The van der Waals surface area contributed by atoms with Crippen LogP contribution in [0.1, 0.15) is 30.1 Å². The third-order valence-electron chi connectivity index (χ3n) is 3.37. The number of ether oxygens (including phenoxy) is 1. The Hall–Kier alpha value is -1.84. The maximum Gasteiger partial charge on any atom is 0.313 e. The van der Waals surface area contributed by atoms with Gasteiger partial charge in [-0.15, -0.1) is 0 Å². The van der Waals surface area contributed by atoms with Crippen LogP contribution in [0.25, 0.3) is 0 Å². The van der Waals surface area contributed by atoms with Crippen LogP contribution in [0.15, 0.2) is 24.3 Å². The highest BCUT2D eigenvalue weighted by molar-refractivity contribution is 5.94. The number of benzene rings is 1. The van der Waals surface area contributed by atoms with Crippen LogP contribution in [0.4, 0.5) is 5.69 Å². The smallest absolute Gasteiger partial charge is 0.313 e. The summed E-state index contributed by atoms with van der Waals surface area (Å²) in [6, 6.07) is 7.30. The highest BCUT2D eigenvalue weighted by atomic mass is 16.5. The zero-order chi connectivity index (χ0) is 13.2. The molecule has 1 saturated carbocycles. The first-order valence-corrected chi connectivity index (χ1v) is 6.01. The maximum atomic E-state index is 11.6. The van der Waals surface area contributed by atoms with Gasteiger partial charge >= 0.3 is 5.97 Å². The lowest BCUT2D eigenvalue weighted by atomic mass is 10.1. The minimum Gasteiger partial charge on any atom is -0.469 e. The molecule has 4 nitrogen and oxygen atoms in total. The van der Waals surface area contributed by atoms with Gasteiger partial charge in [-0.1, -0.05) is 12.1 Å². The van der Waals surface area contributed by atoms with E-state index in [1.807, 2.05) is 12.1 Å². The molecule has 1 aromatic rings. The van der Waals surface area contributed by atoms with Crippen molar-refractivity contribution in [3.63, 3.8) is 0 Å². The summed E-state index contributed by atoms with van der Waals surface area (Å²) in [5, 5.41) is 3.20. The van der Waals surface area contributed by atoms with E-state index in [-0.39, 0.29) is 17.2 Å². The molecule has 0 bridgehead atoms. The second kappa shape index (κ2) is 4.80. The number of rotatable bonds is 5. The van der Waals surface area contributed by atoms with Gasteiger partial charge in [0, 0.05) is 17.8 Å². The molecule has 0 spiro atoms. The number of hydrogen-bond donors (Lipinski definition) is 1. The van der Waals surface area contributed by atoms with E-state index < -0.39 is 0 Å². The Kier molecular flexibility index (Phi) is 3.36. The summed E-state index contributed by atoms with van der Waals surface area (Å²) in [5.41, 5.74) is 1.17. The van der Waals surface area contributed by atoms with Crippen molar-refractivity contribution in [3.8, 4) is 0 Å². The predicted octanol–water partition coefficient (Wildman–Crippen LogP) is 2.25. The number of anilines is 1. The van der Waals surface area contributed by atoms with Gasteiger partial charge in [0.2, 0.25) is 0 Å². The molecule has 0 atom stereocenters. The summed E-state index contributed by atoms with van der Waals surface area (Å²) in [6.45, 7) is 2.09. The van der Waals surface area contributed by atoms with Gasteiger partial charge in [0.05, 0.1) is 12.5 Å². The van der Waals surface area contributed by atoms with E-state index in [2.05, 4.69) is 5.32 Å². The summed E-state index contributed by atoms with van der Waals surface area (Å²) >= 11 is 0. The van der Waals surface area contributed by atoms with Crippen molar-refractivity contribution in [2.24, 2.45) is 5.41 Å². The van der Waals surface area contributed by atoms with Crippen molar-refractivity contribution >= 4 is 17.4 Å². The molecule has 0 aliphatic heterocycles. The molecule has 1 aliphatic carbocycles. The van der Waals surface area contributed by atoms with Crippen molar-refractivity contribution in [2.45, 2.75) is 19.8 Å². The summed E-state index contributed by atoms with van der Waals surface area (Å²) in [6.07, 6.45) is 1.72. The first kappa shape index (κ1) is 12.6. The van der Waals surface area contributed by atoms with Crippen LogP contribution in [0, 0.1) is 5.41 Å². The molecule has 1 fully saturated rings. The van der Waals surface area contributed by atoms with Crippen molar-refractivity contribution in [3.05, 3.63) is 29.8 Å². The lowest BCUT2D eigenvalue weighted by Gasteiger charge is -2.14. The molecule has 0 saturated heterocycles. The van der Waals surface area contributed by atoms with E-state index in [1.54, 1.807) is 12.1 Å². The Balaban J connectivity index is 2.01. The van der Waals surface area contributed by atoms with Crippen LogP contribution < -0.4 is 5.32 Å². The first-order valence-electron chi connectivity index (χ1n) is 6.01. The molecule has 0 heterocycles. The van der Waals surface area contributed by atoms with E-state index >= 15 is 0 Å². The highest BCUT2D eigenvalue weighted by Crippen LogP contribution is 2.46. The van der Waals surface area contributed by atoms with E-state index in [0.29, 0.717) is 12.1 Å². The van der Waals surface area contributed by atoms with Crippen LogP contribution in [0.2, 0.25) is 0 Å². The van der Waals surface area contributed by atoms with E-state index in [9.17, 15) is 9.59 Å². The third kappa shape index (κ3) is 2.53. The summed E-state index contributed by atoms with van der Waals surface area (Å²) in [7, 11) is 1.42. The fourth-order valence-electron chi connectivity index (χ4n) is 1.94. The van der Waals surface area contributed by atoms with Crippen LogP contribution in [0.5, 0.6) is 0 Å². The molecule has 2 rings (SSSR count). The normalized spacial score (nSPS) is 15.9. The number of carbonyl (C=O) groups excluding carboxylic acids is 2. The largest absolute Gasteiger partial charge is 0.469 e. The fourth-order valence-corrected chi connectivity index (χ4v) is 1.94.